The van der Waals surface area contributed by atoms with Gasteiger partial charge in [-0.1, -0.05) is 19.8 Å². The Morgan fingerprint density at radius 3 is 2.78 bits per heavy atom. The Labute approximate surface area is 109 Å². The van der Waals surface area contributed by atoms with Gasteiger partial charge in [-0.15, -0.1) is 6.42 Å². The maximum absolute atomic E-state index is 5.41. The summed E-state index contributed by atoms with van der Waals surface area (Å²) >= 11 is 0. The van der Waals surface area contributed by atoms with Crippen molar-refractivity contribution in [3.8, 4) is 12.3 Å². The summed E-state index contributed by atoms with van der Waals surface area (Å²) in [5, 5.41) is 0. The number of morpholine rings is 1. The molecule has 0 aliphatic carbocycles. The van der Waals surface area contributed by atoms with E-state index in [1.54, 1.807) is 0 Å². The van der Waals surface area contributed by atoms with Crippen LogP contribution < -0.4 is 0 Å². The molecule has 18 heavy (non-hydrogen) atoms. The SMILES string of the molecule is C#Cc1cc(C(C)C)c(CN2CCOCC2)cn1. The predicted octanol–water partition coefficient (Wildman–Crippen LogP) is 2.02. The Bertz CT molecular complexity index is 442. The van der Waals surface area contributed by atoms with Gasteiger partial charge in [0.2, 0.25) is 0 Å². The number of aromatic nitrogens is 1. The van der Waals surface area contributed by atoms with E-state index in [0.717, 1.165) is 38.5 Å². The number of pyridine rings is 1. The summed E-state index contributed by atoms with van der Waals surface area (Å²) in [4.78, 5) is 6.72. The topological polar surface area (TPSA) is 25.4 Å². The van der Waals surface area contributed by atoms with Crippen molar-refractivity contribution in [1.29, 1.82) is 0 Å². The molecule has 0 unspecified atom stereocenters. The molecule has 2 heterocycles. The first-order valence-electron chi connectivity index (χ1n) is 6.46. The van der Waals surface area contributed by atoms with Gasteiger partial charge in [-0.2, -0.15) is 0 Å². The molecule has 1 aliphatic rings. The molecule has 1 aromatic rings. The lowest BCUT2D eigenvalue weighted by atomic mass is 9.97. The molecule has 96 valence electrons. The third-order valence-electron chi connectivity index (χ3n) is 3.29. The molecule has 0 amide bonds. The fourth-order valence-electron chi connectivity index (χ4n) is 2.25. The van der Waals surface area contributed by atoms with E-state index in [2.05, 4.69) is 29.7 Å². The van der Waals surface area contributed by atoms with E-state index in [-0.39, 0.29) is 0 Å². The molecule has 0 radical (unpaired) electrons. The summed E-state index contributed by atoms with van der Waals surface area (Å²) < 4.78 is 5.37. The third-order valence-corrected chi connectivity index (χ3v) is 3.29. The van der Waals surface area contributed by atoms with Crippen molar-refractivity contribution >= 4 is 0 Å². The fraction of sp³-hybridized carbons (Fsp3) is 0.533. The van der Waals surface area contributed by atoms with Gasteiger partial charge in [0, 0.05) is 25.8 Å². The van der Waals surface area contributed by atoms with Gasteiger partial charge in [-0.25, -0.2) is 4.98 Å². The zero-order chi connectivity index (χ0) is 13.0. The third kappa shape index (κ3) is 3.10. The molecule has 0 spiro atoms. The van der Waals surface area contributed by atoms with Crippen molar-refractivity contribution in [1.82, 2.24) is 9.88 Å². The summed E-state index contributed by atoms with van der Waals surface area (Å²) in [7, 11) is 0. The zero-order valence-corrected chi connectivity index (χ0v) is 11.1. The van der Waals surface area contributed by atoms with Crippen LogP contribution in [0, 0.1) is 12.3 Å². The minimum absolute atomic E-state index is 0.469. The number of nitrogens with zero attached hydrogens (tertiary/aromatic N) is 2. The lowest BCUT2D eigenvalue weighted by Crippen LogP contribution is -2.36. The number of terminal acetylenes is 1. The van der Waals surface area contributed by atoms with Crippen molar-refractivity contribution in [3.63, 3.8) is 0 Å². The smallest absolute Gasteiger partial charge is 0.113 e. The highest BCUT2D eigenvalue weighted by Gasteiger charge is 2.14. The molecule has 2 rings (SSSR count). The molecular formula is C15H20N2O. The number of ether oxygens (including phenoxy) is 1. The van der Waals surface area contributed by atoms with Gasteiger partial charge >= 0.3 is 0 Å². The molecule has 0 N–H and O–H groups in total. The quantitative estimate of drug-likeness (QED) is 0.761. The lowest BCUT2D eigenvalue weighted by molar-refractivity contribution is 0.0340. The molecule has 1 saturated heterocycles. The van der Waals surface area contributed by atoms with E-state index in [4.69, 9.17) is 11.2 Å². The summed E-state index contributed by atoms with van der Waals surface area (Å²) in [5.41, 5.74) is 3.32. The molecule has 3 heteroatoms. The molecule has 0 atom stereocenters. The highest BCUT2D eigenvalue weighted by atomic mass is 16.5. The van der Waals surface area contributed by atoms with Crippen LogP contribution in [-0.4, -0.2) is 36.2 Å². The fourth-order valence-corrected chi connectivity index (χ4v) is 2.25. The van der Waals surface area contributed by atoms with E-state index in [9.17, 15) is 0 Å². The second-order valence-electron chi connectivity index (χ2n) is 4.96. The van der Waals surface area contributed by atoms with Crippen LogP contribution >= 0.6 is 0 Å². The van der Waals surface area contributed by atoms with Crippen LogP contribution in [-0.2, 0) is 11.3 Å². The van der Waals surface area contributed by atoms with Crippen molar-refractivity contribution in [2.45, 2.75) is 26.3 Å². The second-order valence-corrected chi connectivity index (χ2v) is 4.96. The van der Waals surface area contributed by atoms with E-state index >= 15 is 0 Å². The molecular weight excluding hydrogens is 224 g/mol. The van der Waals surface area contributed by atoms with Gasteiger partial charge in [-0.05, 0) is 23.1 Å². The summed E-state index contributed by atoms with van der Waals surface area (Å²) in [6, 6.07) is 2.04. The van der Waals surface area contributed by atoms with Crippen LogP contribution in [0.1, 0.15) is 36.6 Å². The Kier molecular flexibility index (Phi) is 4.35. The van der Waals surface area contributed by atoms with E-state index in [1.165, 1.54) is 11.1 Å². The first-order valence-corrected chi connectivity index (χ1v) is 6.46. The van der Waals surface area contributed by atoms with Gasteiger partial charge in [0.1, 0.15) is 5.69 Å². The highest BCUT2D eigenvalue weighted by molar-refractivity contribution is 5.35. The summed E-state index contributed by atoms with van der Waals surface area (Å²) in [5.74, 6) is 3.08. The summed E-state index contributed by atoms with van der Waals surface area (Å²) in [6.45, 7) is 8.97. The van der Waals surface area contributed by atoms with Crippen LogP contribution in [0.25, 0.3) is 0 Å². The Balaban J connectivity index is 2.18. The number of hydrogen-bond acceptors (Lipinski definition) is 3. The lowest BCUT2D eigenvalue weighted by Gasteiger charge is -2.27. The Morgan fingerprint density at radius 1 is 1.44 bits per heavy atom. The van der Waals surface area contributed by atoms with Crippen molar-refractivity contribution in [3.05, 3.63) is 29.1 Å². The standard InChI is InChI=1S/C15H20N2O/c1-4-14-9-15(12(2)3)13(10-16-14)11-17-5-7-18-8-6-17/h1,9-10,12H,5-8,11H2,2-3H3. The molecule has 1 fully saturated rings. The normalized spacial score (nSPS) is 16.8. The van der Waals surface area contributed by atoms with Crippen molar-refractivity contribution in [2.24, 2.45) is 0 Å². The molecule has 0 bridgehead atoms. The average Bonchev–Trinajstić information content (AvgIpc) is 2.40. The van der Waals surface area contributed by atoms with Crippen LogP contribution in [0.3, 0.4) is 0 Å². The summed E-state index contributed by atoms with van der Waals surface area (Å²) in [6.07, 6.45) is 7.34. The second kappa shape index (κ2) is 5.99. The molecule has 0 saturated carbocycles. The van der Waals surface area contributed by atoms with E-state index in [0.29, 0.717) is 5.92 Å². The van der Waals surface area contributed by atoms with Gasteiger partial charge in [-0.3, -0.25) is 4.90 Å². The molecule has 1 aromatic heterocycles. The van der Waals surface area contributed by atoms with Gasteiger partial charge in [0.05, 0.1) is 13.2 Å². The maximum atomic E-state index is 5.41. The van der Waals surface area contributed by atoms with Gasteiger partial charge in [0.15, 0.2) is 0 Å². The van der Waals surface area contributed by atoms with Crippen molar-refractivity contribution in [2.75, 3.05) is 26.3 Å². The molecule has 3 nitrogen and oxygen atoms in total. The Hall–Kier alpha value is -1.37. The van der Waals surface area contributed by atoms with Gasteiger partial charge < -0.3 is 4.74 Å². The van der Waals surface area contributed by atoms with Gasteiger partial charge in [0.25, 0.3) is 0 Å². The van der Waals surface area contributed by atoms with Crippen LogP contribution in [0.5, 0.6) is 0 Å². The van der Waals surface area contributed by atoms with Crippen LogP contribution in [0.15, 0.2) is 12.3 Å². The molecule has 0 aromatic carbocycles. The van der Waals surface area contributed by atoms with E-state index < -0.39 is 0 Å². The first-order chi connectivity index (χ1) is 8.70. The molecule has 1 aliphatic heterocycles. The number of rotatable bonds is 3. The van der Waals surface area contributed by atoms with E-state index in [1.807, 2.05) is 12.3 Å². The minimum Gasteiger partial charge on any atom is -0.379 e. The largest absolute Gasteiger partial charge is 0.379 e. The predicted molar refractivity (Wildman–Crippen MR) is 72.4 cm³/mol. The van der Waals surface area contributed by atoms with Crippen LogP contribution in [0.2, 0.25) is 0 Å². The zero-order valence-electron chi connectivity index (χ0n) is 11.1. The monoisotopic (exact) mass is 244 g/mol. The van der Waals surface area contributed by atoms with Crippen molar-refractivity contribution < 1.29 is 4.74 Å². The van der Waals surface area contributed by atoms with Crippen LogP contribution in [0.4, 0.5) is 0 Å². The highest BCUT2D eigenvalue weighted by Crippen LogP contribution is 2.21. The minimum atomic E-state index is 0.469. The average molecular weight is 244 g/mol. The maximum Gasteiger partial charge on any atom is 0.113 e. The Morgan fingerprint density at radius 2 is 2.17 bits per heavy atom. The number of hydrogen-bond donors (Lipinski definition) is 0. The first kappa shape index (κ1) is 13.1.